The van der Waals surface area contributed by atoms with Gasteiger partial charge in [0.05, 0.1) is 22.1 Å². The molecule has 0 aliphatic carbocycles. The van der Waals surface area contributed by atoms with E-state index in [4.69, 9.17) is 0 Å². The van der Waals surface area contributed by atoms with Gasteiger partial charge in [-0.05, 0) is 121 Å². The molecule has 3 nitrogen and oxygen atoms in total. The van der Waals surface area contributed by atoms with Crippen LogP contribution in [0, 0.1) is 0 Å². The van der Waals surface area contributed by atoms with E-state index in [-0.39, 0.29) is 5.78 Å². The lowest BCUT2D eigenvalue weighted by Gasteiger charge is -2.10. The first-order chi connectivity index (χ1) is 21.4. The molecule has 0 fully saturated rings. The summed E-state index contributed by atoms with van der Waals surface area (Å²) in [6.45, 7) is 0. The van der Waals surface area contributed by atoms with Gasteiger partial charge in [-0.3, -0.25) is 4.79 Å². The Labute approximate surface area is 286 Å². The van der Waals surface area contributed by atoms with Crippen molar-refractivity contribution in [2.45, 2.75) is 0 Å². The summed E-state index contributed by atoms with van der Waals surface area (Å²) in [5.74, 6) is -0.00623. The van der Waals surface area contributed by atoms with Crippen LogP contribution in [0.1, 0.15) is 15.9 Å². The fraction of sp³-hybridized carbons (Fsp3) is 0. The number of halogens is 4. The number of benzene rings is 6. The average molecular weight is 828 g/mol. The largest absolute Gasteiger partial charge is 0.309 e. The second kappa shape index (κ2) is 10.8. The van der Waals surface area contributed by atoms with E-state index < -0.39 is 0 Å². The fourth-order valence-electron chi connectivity index (χ4n) is 6.18. The van der Waals surface area contributed by atoms with E-state index in [1.807, 2.05) is 48.5 Å². The number of carbonyl (C=O) groups is 1. The number of rotatable bonds is 4. The van der Waals surface area contributed by atoms with Crippen molar-refractivity contribution in [1.82, 2.24) is 9.13 Å². The van der Waals surface area contributed by atoms with Crippen LogP contribution in [0.3, 0.4) is 0 Å². The molecule has 8 aromatic rings. The smallest absolute Gasteiger partial charge is 0.193 e. The number of hydrogen-bond acceptors (Lipinski definition) is 1. The van der Waals surface area contributed by atoms with Gasteiger partial charge in [0.15, 0.2) is 5.78 Å². The Kier molecular flexibility index (Phi) is 6.90. The van der Waals surface area contributed by atoms with Crippen LogP contribution >= 0.6 is 63.7 Å². The summed E-state index contributed by atoms with van der Waals surface area (Å²) in [4.78, 5) is 13.6. The van der Waals surface area contributed by atoms with Crippen LogP contribution in [-0.2, 0) is 0 Å². The first-order valence-electron chi connectivity index (χ1n) is 13.9. The molecule has 8 rings (SSSR count). The lowest BCUT2D eigenvalue weighted by Crippen LogP contribution is -2.03. The van der Waals surface area contributed by atoms with Crippen molar-refractivity contribution in [3.8, 4) is 11.4 Å². The van der Waals surface area contributed by atoms with Gasteiger partial charge in [-0.2, -0.15) is 0 Å². The monoisotopic (exact) mass is 824 g/mol. The Morgan fingerprint density at radius 1 is 0.386 bits per heavy atom. The first kappa shape index (κ1) is 28.0. The van der Waals surface area contributed by atoms with Crippen LogP contribution in [0.15, 0.2) is 139 Å². The maximum atomic E-state index is 13.6. The van der Waals surface area contributed by atoms with Gasteiger partial charge >= 0.3 is 0 Å². The summed E-state index contributed by atoms with van der Waals surface area (Å²) in [7, 11) is 0. The molecule has 0 aliphatic heterocycles. The number of ketones is 1. The highest BCUT2D eigenvalue weighted by Crippen LogP contribution is 2.37. The third-order valence-electron chi connectivity index (χ3n) is 8.15. The van der Waals surface area contributed by atoms with Crippen LogP contribution in [-0.4, -0.2) is 14.9 Å². The quantitative estimate of drug-likeness (QED) is 0.162. The van der Waals surface area contributed by atoms with Gasteiger partial charge in [0, 0.05) is 61.9 Å². The molecule has 7 heteroatoms. The summed E-state index contributed by atoms with van der Waals surface area (Å²) >= 11 is 14.5. The van der Waals surface area contributed by atoms with E-state index in [9.17, 15) is 4.79 Å². The summed E-state index contributed by atoms with van der Waals surface area (Å²) in [6.07, 6.45) is 0. The minimum atomic E-state index is -0.00623. The van der Waals surface area contributed by atoms with E-state index in [1.54, 1.807) is 0 Å². The predicted molar refractivity (Wildman–Crippen MR) is 196 cm³/mol. The van der Waals surface area contributed by atoms with E-state index in [2.05, 4.69) is 146 Å². The topological polar surface area (TPSA) is 26.9 Å². The summed E-state index contributed by atoms with van der Waals surface area (Å²) < 4.78 is 8.64. The Bertz CT molecular complexity index is 2150. The molecular weight excluding hydrogens is 808 g/mol. The molecule has 0 bridgehead atoms. The SMILES string of the molecule is O=C(c1ccc(-n2c3ccc(Br)cc3c3cc(Br)ccc32)cc1)c1ccc(-n2c3ccc(Br)cc3c3cc(Br)ccc32)cc1. The lowest BCUT2D eigenvalue weighted by atomic mass is 10.0. The normalized spacial score (nSPS) is 11.7. The van der Waals surface area contributed by atoms with Gasteiger partial charge in [-0.25, -0.2) is 0 Å². The van der Waals surface area contributed by atoms with Crippen molar-refractivity contribution in [2.75, 3.05) is 0 Å². The van der Waals surface area contributed by atoms with Gasteiger partial charge in [0.25, 0.3) is 0 Å². The van der Waals surface area contributed by atoms with Gasteiger partial charge in [0.1, 0.15) is 0 Å². The molecule has 0 saturated heterocycles. The maximum absolute atomic E-state index is 13.6. The number of fused-ring (bicyclic) bond motifs is 6. The molecule has 6 aromatic carbocycles. The molecule has 0 atom stereocenters. The van der Waals surface area contributed by atoms with Crippen LogP contribution in [0.5, 0.6) is 0 Å². The molecule has 0 N–H and O–H groups in total. The minimum Gasteiger partial charge on any atom is -0.309 e. The van der Waals surface area contributed by atoms with Crippen molar-refractivity contribution < 1.29 is 4.79 Å². The average Bonchev–Trinajstić information content (AvgIpc) is 3.52. The van der Waals surface area contributed by atoms with Crippen LogP contribution < -0.4 is 0 Å². The van der Waals surface area contributed by atoms with Gasteiger partial charge in [-0.1, -0.05) is 63.7 Å². The zero-order valence-corrected chi connectivity index (χ0v) is 29.2. The van der Waals surface area contributed by atoms with E-state index in [0.29, 0.717) is 11.1 Å². The zero-order chi connectivity index (χ0) is 30.1. The highest BCUT2D eigenvalue weighted by molar-refractivity contribution is 9.11. The second-order valence-electron chi connectivity index (χ2n) is 10.7. The van der Waals surface area contributed by atoms with Crippen LogP contribution in [0.4, 0.5) is 0 Å². The second-order valence-corrected chi connectivity index (χ2v) is 14.4. The minimum absolute atomic E-state index is 0.00623. The Balaban J connectivity index is 1.15. The summed E-state index contributed by atoms with van der Waals surface area (Å²) in [5.41, 5.74) is 7.76. The Morgan fingerprint density at radius 2 is 0.659 bits per heavy atom. The predicted octanol–water partition coefficient (Wildman–Crippen LogP) is 12.2. The molecule has 2 heterocycles. The standard InChI is InChI=1S/C37H20Br4N2O/c38-23-5-13-33-29(17-23)30-18-24(39)6-14-34(30)42(33)27-9-1-21(2-10-27)37(44)22-3-11-28(12-4-22)43-35-15-7-25(40)19-31(35)32-20-26(41)8-16-36(32)43/h1-20H. The van der Waals surface area contributed by atoms with Crippen molar-refractivity contribution in [3.63, 3.8) is 0 Å². The Hall–Kier alpha value is -3.49. The van der Waals surface area contributed by atoms with Gasteiger partial charge in [0.2, 0.25) is 0 Å². The number of aromatic nitrogens is 2. The molecule has 0 spiro atoms. The van der Waals surface area contributed by atoms with Gasteiger partial charge in [-0.15, -0.1) is 0 Å². The van der Waals surface area contributed by atoms with Gasteiger partial charge < -0.3 is 9.13 Å². The Morgan fingerprint density at radius 3 is 0.932 bits per heavy atom. The third kappa shape index (κ3) is 4.60. The van der Waals surface area contributed by atoms with Crippen molar-refractivity contribution in [2.24, 2.45) is 0 Å². The molecule has 44 heavy (non-hydrogen) atoms. The summed E-state index contributed by atoms with van der Waals surface area (Å²) in [5, 5.41) is 4.66. The molecule has 0 amide bonds. The van der Waals surface area contributed by atoms with Crippen molar-refractivity contribution in [1.29, 1.82) is 0 Å². The molecule has 212 valence electrons. The third-order valence-corrected chi connectivity index (χ3v) is 10.1. The summed E-state index contributed by atoms with van der Waals surface area (Å²) in [6, 6.07) is 41.2. The van der Waals surface area contributed by atoms with Crippen LogP contribution in [0.25, 0.3) is 55.0 Å². The first-order valence-corrected chi connectivity index (χ1v) is 17.1. The number of hydrogen-bond donors (Lipinski definition) is 0. The maximum Gasteiger partial charge on any atom is 0.193 e. The molecule has 0 aliphatic rings. The number of nitrogens with zero attached hydrogens (tertiary/aromatic N) is 2. The highest BCUT2D eigenvalue weighted by Gasteiger charge is 2.16. The van der Waals surface area contributed by atoms with E-state index >= 15 is 0 Å². The molecule has 0 unspecified atom stereocenters. The lowest BCUT2D eigenvalue weighted by molar-refractivity contribution is 0.103. The van der Waals surface area contributed by atoms with E-state index in [1.165, 1.54) is 21.5 Å². The van der Waals surface area contributed by atoms with Crippen LogP contribution in [0.2, 0.25) is 0 Å². The zero-order valence-electron chi connectivity index (χ0n) is 22.9. The van der Waals surface area contributed by atoms with E-state index in [0.717, 1.165) is 51.3 Å². The number of carbonyl (C=O) groups excluding carboxylic acids is 1. The van der Waals surface area contributed by atoms with Crippen molar-refractivity contribution in [3.05, 3.63) is 150 Å². The molecule has 2 aromatic heterocycles. The van der Waals surface area contributed by atoms with Crippen molar-refractivity contribution >= 4 is 113 Å². The highest BCUT2D eigenvalue weighted by atomic mass is 79.9. The molecule has 0 saturated carbocycles. The molecule has 0 radical (unpaired) electrons. The molecular formula is C37H20Br4N2O. The fourth-order valence-corrected chi connectivity index (χ4v) is 7.63.